The SMILES string of the molecule is COC(=O)c1ccc(-c2ccccc2)cc1[N+](=O)[O-]. The van der Waals surface area contributed by atoms with E-state index in [2.05, 4.69) is 4.74 Å². The number of nitro groups is 1. The maximum Gasteiger partial charge on any atom is 0.344 e. The molecule has 0 aliphatic heterocycles. The van der Waals surface area contributed by atoms with Gasteiger partial charge in [0.05, 0.1) is 12.0 Å². The van der Waals surface area contributed by atoms with Crippen LogP contribution in [0.4, 0.5) is 5.69 Å². The molecule has 0 saturated heterocycles. The summed E-state index contributed by atoms with van der Waals surface area (Å²) in [6, 6.07) is 13.7. The Bertz CT molecular complexity index is 623. The molecule has 0 fully saturated rings. The zero-order valence-electron chi connectivity index (χ0n) is 10.2. The lowest BCUT2D eigenvalue weighted by Crippen LogP contribution is -2.05. The summed E-state index contributed by atoms with van der Waals surface area (Å²) >= 11 is 0. The van der Waals surface area contributed by atoms with Crippen LogP contribution in [0.5, 0.6) is 0 Å². The second-order valence-electron chi connectivity index (χ2n) is 3.85. The van der Waals surface area contributed by atoms with Gasteiger partial charge in [0.1, 0.15) is 5.56 Å². The largest absolute Gasteiger partial charge is 0.465 e. The molecule has 0 N–H and O–H groups in total. The molecule has 0 aliphatic rings. The molecular formula is C14H11NO4. The number of hydrogen-bond acceptors (Lipinski definition) is 4. The lowest BCUT2D eigenvalue weighted by Gasteiger charge is -2.05. The van der Waals surface area contributed by atoms with Crippen molar-refractivity contribution < 1.29 is 14.5 Å². The second kappa shape index (κ2) is 5.30. The van der Waals surface area contributed by atoms with Crippen molar-refractivity contribution in [2.45, 2.75) is 0 Å². The topological polar surface area (TPSA) is 69.4 Å². The Balaban J connectivity index is 2.54. The highest BCUT2D eigenvalue weighted by Crippen LogP contribution is 2.27. The first-order chi connectivity index (χ1) is 9.13. The lowest BCUT2D eigenvalue weighted by molar-refractivity contribution is -0.385. The number of methoxy groups -OCH3 is 1. The maximum atomic E-state index is 11.5. The number of rotatable bonds is 3. The third-order valence-corrected chi connectivity index (χ3v) is 2.71. The average molecular weight is 257 g/mol. The van der Waals surface area contributed by atoms with E-state index in [1.54, 1.807) is 6.07 Å². The van der Waals surface area contributed by atoms with E-state index in [9.17, 15) is 14.9 Å². The van der Waals surface area contributed by atoms with Gasteiger partial charge in [-0.3, -0.25) is 10.1 Å². The third-order valence-electron chi connectivity index (χ3n) is 2.71. The first-order valence-corrected chi connectivity index (χ1v) is 5.55. The summed E-state index contributed by atoms with van der Waals surface area (Å²) in [6.07, 6.45) is 0. The summed E-state index contributed by atoms with van der Waals surface area (Å²) in [5.41, 5.74) is 1.22. The van der Waals surface area contributed by atoms with Crippen LogP contribution >= 0.6 is 0 Å². The van der Waals surface area contributed by atoms with E-state index in [1.807, 2.05) is 30.3 Å². The average Bonchev–Trinajstić information content (AvgIpc) is 2.46. The van der Waals surface area contributed by atoms with Crippen LogP contribution in [0, 0.1) is 10.1 Å². The Morgan fingerprint density at radius 2 is 1.79 bits per heavy atom. The van der Waals surface area contributed by atoms with Crippen LogP contribution in [-0.4, -0.2) is 18.0 Å². The van der Waals surface area contributed by atoms with Crippen molar-refractivity contribution >= 4 is 11.7 Å². The van der Waals surface area contributed by atoms with Gasteiger partial charge < -0.3 is 4.74 Å². The van der Waals surface area contributed by atoms with Gasteiger partial charge in [-0.25, -0.2) is 4.79 Å². The fourth-order valence-electron chi connectivity index (χ4n) is 1.78. The number of benzene rings is 2. The summed E-state index contributed by atoms with van der Waals surface area (Å²) in [7, 11) is 1.19. The van der Waals surface area contributed by atoms with Crippen LogP contribution < -0.4 is 0 Å². The summed E-state index contributed by atoms with van der Waals surface area (Å²) in [4.78, 5) is 21.9. The van der Waals surface area contributed by atoms with Crippen molar-refractivity contribution in [2.75, 3.05) is 7.11 Å². The number of ether oxygens (including phenoxy) is 1. The molecule has 2 rings (SSSR count). The van der Waals surface area contributed by atoms with Crippen molar-refractivity contribution in [3.8, 4) is 11.1 Å². The molecule has 0 aromatic heterocycles. The Labute approximate surface area is 109 Å². The Hall–Kier alpha value is -2.69. The molecule has 19 heavy (non-hydrogen) atoms. The van der Waals surface area contributed by atoms with Gasteiger partial charge in [0, 0.05) is 6.07 Å². The molecule has 96 valence electrons. The van der Waals surface area contributed by atoms with Crippen molar-refractivity contribution in [1.82, 2.24) is 0 Å². The maximum absolute atomic E-state index is 11.5. The van der Waals surface area contributed by atoms with Gasteiger partial charge in [-0.2, -0.15) is 0 Å². The fourth-order valence-corrected chi connectivity index (χ4v) is 1.78. The molecule has 0 unspecified atom stereocenters. The zero-order chi connectivity index (χ0) is 13.8. The van der Waals surface area contributed by atoms with Crippen LogP contribution in [0.25, 0.3) is 11.1 Å². The molecule has 0 aliphatic carbocycles. The molecule has 0 atom stereocenters. The smallest absolute Gasteiger partial charge is 0.344 e. The quantitative estimate of drug-likeness (QED) is 0.481. The molecule has 2 aromatic rings. The minimum absolute atomic E-state index is 0.0489. The van der Waals surface area contributed by atoms with Crippen LogP contribution in [0.2, 0.25) is 0 Å². The van der Waals surface area contributed by atoms with Crippen molar-refractivity contribution in [3.05, 3.63) is 64.2 Å². The highest BCUT2D eigenvalue weighted by molar-refractivity contribution is 5.94. The summed E-state index contributed by atoms with van der Waals surface area (Å²) in [5, 5.41) is 11.0. The molecule has 0 amide bonds. The number of nitro benzene ring substituents is 1. The molecule has 5 heteroatoms. The van der Waals surface area contributed by atoms with Crippen LogP contribution in [0.15, 0.2) is 48.5 Å². The first kappa shape index (κ1) is 12.8. The summed E-state index contributed by atoms with van der Waals surface area (Å²) in [6.45, 7) is 0. The molecule has 0 spiro atoms. The van der Waals surface area contributed by atoms with Gasteiger partial charge in [-0.05, 0) is 17.2 Å². The third kappa shape index (κ3) is 2.60. The number of hydrogen-bond donors (Lipinski definition) is 0. The van der Waals surface area contributed by atoms with Gasteiger partial charge in [0.15, 0.2) is 0 Å². The van der Waals surface area contributed by atoms with E-state index in [0.717, 1.165) is 5.56 Å². The first-order valence-electron chi connectivity index (χ1n) is 5.55. The van der Waals surface area contributed by atoms with Crippen molar-refractivity contribution in [3.63, 3.8) is 0 Å². The zero-order valence-corrected chi connectivity index (χ0v) is 10.2. The minimum Gasteiger partial charge on any atom is -0.465 e. The predicted molar refractivity (Wildman–Crippen MR) is 69.9 cm³/mol. The van der Waals surface area contributed by atoms with E-state index in [0.29, 0.717) is 5.56 Å². The van der Waals surface area contributed by atoms with Gasteiger partial charge in [0.2, 0.25) is 0 Å². The minimum atomic E-state index is -0.716. The highest BCUT2D eigenvalue weighted by Gasteiger charge is 2.21. The summed E-state index contributed by atoms with van der Waals surface area (Å²) in [5.74, 6) is -0.716. The number of nitrogens with zero attached hydrogens (tertiary/aromatic N) is 1. The Morgan fingerprint density at radius 1 is 1.11 bits per heavy atom. The molecule has 5 nitrogen and oxygen atoms in total. The predicted octanol–water partition coefficient (Wildman–Crippen LogP) is 3.05. The van der Waals surface area contributed by atoms with E-state index in [4.69, 9.17) is 0 Å². The molecule has 2 aromatic carbocycles. The molecule has 0 saturated carbocycles. The van der Waals surface area contributed by atoms with Crippen molar-refractivity contribution in [2.24, 2.45) is 0 Å². The molecule has 0 heterocycles. The van der Waals surface area contributed by atoms with E-state index in [1.165, 1.54) is 19.2 Å². The normalized spacial score (nSPS) is 9.95. The second-order valence-corrected chi connectivity index (χ2v) is 3.85. The van der Waals surface area contributed by atoms with E-state index < -0.39 is 10.9 Å². The van der Waals surface area contributed by atoms with Gasteiger partial charge in [-0.15, -0.1) is 0 Å². The van der Waals surface area contributed by atoms with Gasteiger partial charge in [-0.1, -0.05) is 36.4 Å². The molecule has 0 bridgehead atoms. The van der Waals surface area contributed by atoms with Crippen LogP contribution in [-0.2, 0) is 4.74 Å². The van der Waals surface area contributed by atoms with E-state index >= 15 is 0 Å². The van der Waals surface area contributed by atoms with Crippen molar-refractivity contribution in [1.29, 1.82) is 0 Å². The Kier molecular flexibility index (Phi) is 3.56. The standard InChI is InChI=1S/C14H11NO4/c1-19-14(16)12-8-7-11(9-13(12)15(17)18)10-5-3-2-4-6-10/h2-9H,1H3. The van der Waals surface area contributed by atoms with E-state index in [-0.39, 0.29) is 11.3 Å². The number of esters is 1. The monoisotopic (exact) mass is 257 g/mol. The molecule has 0 radical (unpaired) electrons. The molecular weight excluding hydrogens is 246 g/mol. The summed E-state index contributed by atoms with van der Waals surface area (Å²) < 4.78 is 4.53. The fraction of sp³-hybridized carbons (Fsp3) is 0.0714. The van der Waals surface area contributed by atoms with Gasteiger partial charge >= 0.3 is 5.97 Å². The van der Waals surface area contributed by atoms with Crippen LogP contribution in [0.3, 0.4) is 0 Å². The van der Waals surface area contributed by atoms with Gasteiger partial charge in [0.25, 0.3) is 5.69 Å². The highest BCUT2D eigenvalue weighted by atomic mass is 16.6. The number of carbonyl (C=O) groups excluding carboxylic acids is 1. The Morgan fingerprint density at radius 3 is 2.37 bits per heavy atom. The number of carbonyl (C=O) groups is 1. The lowest BCUT2D eigenvalue weighted by atomic mass is 10.0. The van der Waals surface area contributed by atoms with Crippen LogP contribution in [0.1, 0.15) is 10.4 Å².